The minimum Gasteiger partial charge on any atom is -0.349 e. The highest BCUT2D eigenvalue weighted by molar-refractivity contribution is 5.90. The molecule has 0 aliphatic carbocycles. The molecule has 0 unspecified atom stereocenters. The van der Waals surface area contributed by atoms with Gasteiger partial charge in [-0.3, -0.25) is 9.78 Å². The van der Waals surface area contributed by atoms with Crippen LogP contribution in [0.2, 0.25) is 0 Å². The lowest BCUT2D eigenvalue weighted by molar-refractivity contribution is 0.0943. The number of unbranched alkanes of at least 4 members (excludes halogenated alkanes) is 1. The van der Waals surface area contributed by atoms with Gasteiger partial charge in [-0.15, -0.1) is 5.10 Å². The Hall–Kier alpha value is -1.59. The third-order valence-corrected chi connectivity index (χ3v) is 1.53. The van der Waals surface area contributed by atoms with Crippen molar-refractivity contribution < 1.29 is 4.79 Å². The summed E-state index contributed by atoms with van der Waals surface area (Å²) >= 11 is 0. The molecule has 0 bridgehead atoms. The number of hydrogen-bond donors (Lipinski definition) is 3. The molecule has 1 amide bonds. The quantitative estimate of drug-likeness (QED) is 0.557. The van der Waals surface area contributed by atoms with Crippen LogP contribution in [0.5, 0.6) is 0 Å². The van der Waals surface area contributed by atoms with E-state index in [4.69, 9.17) is 0 Å². The van der Waals surface area contributed by atoms with Gasteiger partial charge in [0.25, 0.3) is 5.91 Å². The number of hydrogen-bond acceptors (Lipinski definition) is 3. The van der Waals surface area contributed by atoms with Crippen molar-refractivity contribution >= 4 is 5.91 Å². The summed E-state index contributed by atoms with van der Waals surface area (Å²) in [6.07, 6.45) is 1.93. The Morgan fingerprint density at radius 1 is 1.62 bits per heavy atom. The molecule has 0 spiro atoms. The molecule has 0 atom stereocenters. The fourth-order valence-electron chi connectivity index (χ4n) is 0.840. The third kappa shape index (κ3) is 2.73. The predicted octanol–water partition coefficient (Wildman–Crippen LogP) is -0.372. The number of nitrogens with zero attached hydrogens (tertiary/aromatic N) is 1. The zero-order valence-corrected chi connectivity index (χ0v) is 7.39. The van der Waals surface area contributed by atoms with Crippen LogP contribution in [0, 0.1) is 0 Å². The molecule has 0 aliphatic heterocycles. The van der Waals surface area contributed by atoms with Crippen LogP contribution < -0.4 is 11.0 Å². The van der Waals surface area contributed by atoms with Crippen LogP contribution in [0.1, 0.15) is 30.4 Å². The van der Waals surface area contributed by atoms with Crippen molar-refractivity contribution in [3.8, 4) is 0 Å². The van der Waals surface area contributed by atoms with Gasteiger partial charge in [-0.05, 0) is 6.42 Å². The van der Waals surface area contributed by atoms with E-state index < -0.39 is 5.69 Å². The number of nitrogens with one attached hydrogen (secondary N) is 3. The normalized spacial score (nSPS) is 9.92. The second-order valence-corrected chi connectivity index (χ2v) is 2.64. The van der Waals surface area contributed by atoms with Crippen molar-refractivity contribution in [2.75, 3.05) is 6.54 Å². The molecular weight excluding hydrogens is 172 g/mol. The number of rotatable bonds is 4. The summed E-state index contributed by atoms with van der Waals surface area (Å²) < 4.78 is 0. The van der Waals surface area contributed by atoms with E-state index >= 15 is 0 Å². The fourth-order valence-corrected chi connectivity index (χ4v) is 0.840. The van der Waals surface area contributed by atoms with E-state index in [2.05, 4.69) is 20.5 Å². The van der Waals surface area contributed by atoms with E-state index in [9.17, 15) is 9.59 Å². The van der Waals surface area contributed by atoms with Crippen LogP contribution in [-0.2, 0) is 0 Å². The maximum atomic E-state index is 11.2. The molecule has 0 fully saturated rings. The van der Waals surface area contributed by atoms with Crippen molar-refractivity contribution in [2.45, 2.75) is 19.8 Å². The third-order valence-electron chi connectivity index (χ3n) is 1.53. The first-order valence-corrected chi connectivity index (χ1v) is 4.17. The van der Waals surface area contributed by atoms with E-state index in [1.807, 2.05) is 6.92 Å². The molecule has 0 radical (unpaired) electrons. The molecular formula is C7H12N4O2. The van der Waals surface area contributed by atoms with Gasteiger partial charge in [0, 0.05) is 6.54 Å². The molecule has 6 nitrogen and oxygen atoms in total. The summed E-state index contributed by atoms with van der Waals surface area (Å²) in [6, 6.07) is 0. The molecule has 0 saturated carbocycles. The van der Waals surface area contributed by atoms with E-state index in [-0.39, 0.29) is 11.7 Å². The smallest absolute Gasteiger partial charge is 0.341 e. The number of H-pyrrole nitrogens is 2. The van der Waals surface area contributed by atoms with Crippen LogP contribution in [-0.4, -0.2) is 27.6 Å². The summed E-state index contributed by atoms with van der Waals surface area (Å²) in [4.78, 5) is 24.0. The molecule has 13 heavy (non-hydrogen) atoms. The zero-order chi connectivity index (χ0) is 9.68. The Morgan fingerprint density at radius 3 is 2.92 bits per heavy atom. The van der Waals surface area contributed by atoms with Crippen LogP contribution >= 0.6 is 0 Å². The molecule has 1 aromatic heterocycles. The number of aromatic amines is 2. The molecule has 0 aliphatic rings. The van der Waals surface area contributed by atoms with Crippen LogP contribution in [0.15, 0.2) is 4.79 Å². The summed E-state index contributed by atoms with van der Waals surface area (Å²) in [5.41, 5.74) is -0.472. The number of aromatic nitrogens is 3. The van der Waals surface area contributed by atoms with E-state index in [0.717, 1.165) is 12.8 Å². The summed E-state index contributed by atoms with van der Waals surface area (Å²) in [5, 5.41) is 8.23. The van der Waals surface area contributed by atoms with Gasteiger partial charge < -0.3 is 5.32 Å². The average molecular weight is 184 g/mol. The average Bonchev–Trinajstić information content (AvgIpc) is 2.52. The van der Waals surface area contributed by atoms with Gasteiger partial charge >= 0.3 is 5.69 Å². The van der Waals surface area contributed by atoms with Crippen molar-refractivity contribution in [3.05, 3.63) is 16.3 Å². The maximum Gasteiger partial charge on any atom is 0.341 e. The minimum absolute atomic E-state index is 0.0288. The highest BCUT2D eigenvalue weighted by atomic mass is 16.2. The number of carbonyl (C=O) groups excluding carboxylic acids is 1. The Bertz CT molecular complexity index is 327. The van der Waals surface area contributed by atoms with Crippen LogP contribution in [0.3, 0.4) is 0 Å². The summed E-state index contributed by atoms with van der Waals surface area (Å²) in [6.45, 7) is 2.63. The first-order chi connectivity index (χ1) is 6.24. The molecule has 1 aromatic rings. The highest BCUT2D eigenvalue weighted by Crippen LogP contribution is 1.85. The predicted molar refractivity (Wildman–Crippen MR) is 46.4 cm³/mol. The topological polar surface area (TPSA) is 90.6 Å². The van der Waals surface area contributed by atoms with Gasteiger partial charge in [-0.1, -0.05) is 13.3 Å². The monoisotopic (exact) mass is 184 g/mol. The maximum absolute atomic E-state index is 11.2. The molecule has 3 N–H and O–H groups in total. The van der Waals surface area contributed by atoms with Crippen molar-refractivity contribution in [1.82, 2.24) is 20.5 Å². The number of amides is 1. The van der Waals surface area contributed by atoms with Crippen molar-refractivity contribution in [1.29, 1.82) is 0 Å². The van der Waals surface area contributed by atoms with Crippen LogP contribution in [0.4, 0.5) is 0 Å². The molecule has 6 heteroatoms. The Balaban J connectivity index is 2.44. The second-order valence-electron chi connectivity index (χ2n) is 2.64. The lowest BCUT2D eigenvalue weighted by atomic mass is 10.3. The molecule has 0 saturated heterocycles. The standard InChI is InChI=1S/C7H12N4O2/c1-2-3-4-8-6(12)5-9-7(13)11-10-5/h2-4H2,1H3,(H,8,12)(H2,9,10,11,13). The molecule has 1 rings (SSSR count). The molecule has 72 valence electrons. The number of carbonyl (C=O) groups is 1. The first kappa shape index (κ1) is 9.50. The van der Waals surface area contributed by atoms with Gasteiger partial charge in [0.15, 0.2) is 0 Å². The largest absolute Gasteiger partial charge is 0.349 e. The van der Waals surface area contributed by atoms with Gasteiger partial charge in [-0.25, -0.2) is 9.89 Å². The lowest BCUT2D eigenvalue weighted by Gasteiger charge is -1.99. The van der Waals surface area contributed by atoms with Crippen molar-refractivity contribution in [2.24, 2.45) is 0 Å². The van der Waals surface area contributed by atoms with E-state index in [1.165, 1.54) is 0 Å². The van der Waals surface area contributed by atoms with Gasteiger partial charge in [0.1, 0.15) is 0 Å². The minimum atomic E-state index is -0.472. The van der Waals surface area contributed by atoms with E-state index in [0.29, 0.717) is 6.54 Å². The molecule has 1 heterocycles. The first-order valence-electron chi connectivity index (χ1n) is 4.17. The Labute approximate surface area is 74.7 Å². The lowest BCUT2D eigenvalue weighted by Crippen LogP contribution is -2.25. The van der Waals surface area contributed by atoms with Gasteiger partial charge in [0.2, 0.25) is 5.82 Å². The SMILES string of the molecule is CCCCNC(=O)c1n[nH]c(=O)[nH]1. The Kier molecular flexibility index (Phi) is 3.24. The van der Waals surface area contributed by atoms with Crippen molar-refractivity contribution in [3.63, 3.8) is 0 Å². The van der Waals surface area contributed by atoms with E-state index in [1.54, 1.807) is 0 Å². The Morgan fingerprint density at radius 2 is 2.38 bits per heavy atom. The summed E-state index contributed by atoms with van der Waals surface area (Å²) in [7, 11) is 0. The second kappa shape index (κ2) is 4.44. The van der Waals surface area contributed by atoms with Crippen LogP contribution in [0.25, 0.3) is 0 Å². The zero-order valence-electron chi connectivity index (χ0n) is 7.39. The van der Waals surface area contributed by atoms with Gasteiger partial charge in [0.05, 0.1) is 0 Å². The summed E-state index contributed by atoms with van der Waals surface area (Å²) in [5.74, 6) is -0.326. The molecule has 0 aromatic carbocycles. The van der Waals surface area contributed by atoms with Gasteiger partial charge in [-0.2, -0.15) is 0 Å². The fraction of sp³-hybridized carbons (Fsp3) is 0.571. The highest BCUT2D eigenvalue weighted by Gasteiger charge is 2.07.